The van der Waals surface area contributed by atoms with E-state index in [2.05, 4.69) is 19.2 Å². The fraction of sp³-hybridized carbons (Fsp3) is 0.278. The summed E-state index contributed by atoms with van der Waals surface area (Å²) in [5, 5.41) is 3.58. The Hall–Kier alpha value is -2.00. The van der Waals surface area contributed by atoms with E-state index in [1.807, 2.05) is 36.4 Å². The summed E-state index contributed by atoms with van der Waals surface area (Å²) in [6, 6.07) is 15.0. The Labute approximate surface area is 135 Å². The van der Waals surface area contributed by atoms with Gasteiger partial charge in [-0.05, 0) is 41.3 Å². The standard InChI is InChI=1S/C18H19ClN2O/c1-18(2)15(11-6-8-13(20)9-7-11)16(18)17(22)21-14-5-3-4-12(19)10-14/h3-10,15-16H,20H2,1-2H3,(H,21,22)/t15?,16-/m0/s1. The summed E-state index contributed by atoms with van der Waals surface area (Å²) in [4.78, 5) is 12.6. The van der Waals surface area contributed by atoms with Crippen LogP contribution in [0.4, 0.5) is 11.4 Å². The lowest BCUT2D eigenvalue weighted by atomic mass is 10.0. The van der Waals surface area contributed by atoms with Crippen LogP contribution in [0.1, 0.15) is 25.3 Å². The Morgan fingerprint density at radius 1 is 1.18 bits per heavy atom. The Bertz CT molecular complexity index is 709. The Kier molecular flexibility index (Phi) is 3.61. The first-order valence-electron chi connectivity index (χ1n) is 7.31. The van der Waals surface area contributed by atoms with Crippen molar-refractivity contribution in [3.63, 3.8) is 0 Å². The normalized spacial score (nSPS) is 22.1. The molecule has 22 heavy (non-hydrogen) atoms. The van der Waals surface area contributed by atoms with Crippen molar-refractivity contribution < 1.29 is 4.79 Å². The fourth-order valence-electron chi connectivity index (χ4n) is 3.24. The summed E-state index contributed by atoms with van der Waals surface area (Å²) in [6.07, 6.45) is 0. The van der Waals surface area contributed by atoms with Crippen molar-refractivity contribution in [2.24, 2.45) is 11.3 Å². The van der Waals surface area contributed by atoms with Crippen molar-refractivity contribution in [3.8, 4) is 0 Å². The van der Waals surface area contributed by atoms with Crippen LogP contribution in [0.3, 0.4) is 0 Å². The summed E-state index contributed by atoms with van der Waals surface area (Å²) < 4.78 is 0. The SMILES string of the molecule is CC1(C)C(c2ccc(N)cc2)[C@H]1C(=O)Nc1cccc(Cl)c1. The van der Waals surface area contributed by atoms with Crippen molar-refractivity contribution in [1.29, 1.82) is 0 Å². The van der Waals surface area contributed by atoms with Gasteiger partial charge < -0.3 is 11.1 Å². The molecule has 1 unspecified atom stereocenters. The van der Waals surface area contributed by atoms with E-state index in [1.54, 1.807) is 12.1 Å². The van der Waals surface area contributed by atoms with E-state index in [0.717, 1.165) is 16.9 Å². The average Bonchev–Trinajstić information content (AvgIpc) is 3.02. The molecule has 1 fully saturated rings. The first-order chi connectivity index (χ1) is 10.4. The smallest absolute Gasteiger partial charge is 0.228 e. The van der Waals surface area contributed by atoms with E-state index in [1.165, 1.54) is 0 Å². The van der Waals surface area contributed by atoms with Crippen molar-refractivity contribution in [2.75, 3.05) is 11.1 Å². The number of hydrogen-bond acceptors (Lipinski definition) is 2. The topological polar surface area (TPSA) is 55.1 Å². The van der Waals surface area contributed by atoms with Crippen molar-refractivity contribution in [2.45, 2.75) is 19.8 Å². The van der Waals surface area contributed by atoms with Crippen molar-refractivity contribution in [1.82, 2.24) is 0 Å². The maximum Gasteiger partial charge on any atom is 0.228 e. The van der Waals surface area contributed by atoms with Crippen molar-refractivity contribution in [3.05, 3.63) is 59.1 Å². The van der Waals surface area contributed by atoms with Crippen LogP contribution in [0.2, 0.25) is 5.02 Å². The second-order valence-electron chi connectivity index (χ2n) is 6.44. The summed E-state index contributed by atoms with van der Waals surface area (Å²) in [5.41, 5.74) is 8.31. The number of nitrogens with two attached hydrogens (primary N) is 1. The number of rotatable bonds is 3. The van der Waals surface area contributed by atoms with Gasteiger partial charge in [-0.3, -0.25) is 4.79 Å². The maximum absolute atomic E-state index is 12.6. The number of nitrogens with one attached hydrogen (secondary N) is 1. The molecule has 1 amide bonds. The Balaban J connectivity index is 1.77. The van der Waals surface area contributed by atoms with Crippen LogP contribution < -0.4 is 11.1 Å². The molecule has 0 spiro atoms. The molecular weight excluding hydrogens is 296 g/mol. The van der Waals surface area contributed by atoms with Crippen LogP contribution >= 0.6 is 11.6 Å². The average molecular weight is 315 g/mol. The van der Waals surface area contributed by atoms with Gasteiger partial charge in [-0.2, -0.15) is 0 Å². The van der Waals surface area contributed by atoms with Crippen molar-refractivity contribution >= 4 is 28.9 Å². The van der Waals surface area contributed by atoms with Crippen LogP contribution in [0.15, 0.2) is 48.5 Å². The summed E-state index contributed by atoms with van der Waals surface area (Å²) >= 11 is 5.96. The molecule has 2 aromatic carbocycles. The molecule has 3 rings (SSSR count). The molecule has 3 nitrogen and oxygen atoms in total. The van der Waals surface area contributed by atoms with Crippen LogP contribution in [-0.4, -0.2) is 5.91 Å². The molecule has 0 aliphatic heterocycles. The molecule has 0 aromatic heterocycles. The second-order valence-corrected chi connectivity index (χ2v) is 6.88. The minimum absolute atomic E-state index is 0.0362. The van der Waals surface area contributed by atoms with Crippen LogP contribution in [0, 0.1) is 11.3 Å². The van der Waals surface area contributed by atoms with Crippen LogP contribution in [0.25, 0.3) is 0 Å². The fourth-order valence-corrected chi connectivity index (χ4v) is 3.43. The third-order valence-electron chi connectivity index (χ3n) is 4.50. The number of nitrogen functional groups attached to an aromatic ring is 1. The lowest BCUT2D eigenvalue weighted by Crippen LogP contribution is -2.16. The summed E-state index contributed by atoms with van der Waals surface area (Å²) in [6.45, 7) is 4.24. The van der Waals surface area contributed by atoms with Gasteiger partial charge in [0.2, 0.25) is 5.91 Å². The molecule has 0 radical (unpaired) electrons. The number of halogens is 1. The molecule has 4 heteroatoms. The first-order valence-corrected chi connectivity index (χ1v) is 7.69. The quantitative estimate of drug-likeness (QED) is 0.830. The molecule has 1 saturated carbocycles. The maximum atomic E-state index is 12.6. The van der Waals surface area contributed by atoms with Gasteiger partial charge in [0.1, 0.15) is 0 Å². The van der Waals surface area contributed by atoms with Gasteiger partial charge in [0.25, 0.3) is 0 Å². The number of benzene rings is 2. The van der Waals surface area contributed by atoms with Gasteiger partial charge in [-0.1, -0.05) is 43.6 Å². The zero-order valence-corrected chi connectivity index (χ0v) is 13.4. The predicted octanol–water partition coefficient (Wildman–Crippen LogP) is 4.30. The lowest BCUT2D eigenvalue weighted by Gasteiger charge is -2.06. The molecule has 0 bridgehead atoms. The number of carbonyl (C=O) groups is 1. The lowest BCUT2D eigenvalue weighted by molar-refractivity contribution is -0.118. The highest BCUT2D eigenvalue weighted by molar-refractivity contribution is 6.30. The monoisotopic (exact) mass is 314 g/mol. The molecule has 2 atom stereocenters. The highest BCUT2D eigenvalue weighted by atomic mass is 35.5. The number of hydrogen-bond donors (Lipinski definition) is 2. The summed E-state index contributed by atoms with van der Waals surface area (Å²) in [7, 11) is 0. The molecule has 3 N–H and O–H groups in total. The third kappa shape index (κ3) is 2.69. The van der Waals surface area contributed by atoms with Gasteiger partial charge in [0.15, 0.2) is 0 Å². The van der Waals surface area contributed by atoms with E-state index in [4.69, 9.17) is 17.3 Å². The molecule has 114 valence electrons. The highest BCUT2D eigenvalue weighted by Crippen LogP contribution is 2.64. The molecule has 0 saturated heterocycles. The van der Waals surface area contributed by atoms with E-state index in [0.29, 0.717) is 5.02 Å². The van der Waals surface area contributed by atoms with Gasteiger partial charge in [0.05, 0.1) is 5.92 Å². The number of carbonyl (C=O) groups excluding carboxylic acids is 1. The van der Waals surface area contributed by atoms with E-state index < -0.39 is 0 Å². The third-order valence-corrected chi connectivity index (χ3v) is 4.73. The largest absolute Gasteiger partial charge is 0.399 e. The van der Waals surface area contributed by atoms with E-state index in [-0.39, 0.29) is 23.2 Å². The molecule has 1 aliphatic carbocycles. The zero-order chi connectivity index (χ0) is 15.9. The number of anilines is 2. The van der Waals surface area contributed by atoms with Gasteiger partial charge >= 0.3 is 0 Å². The van der Waals surface area contributed by atoms with Crippen LogP contribution in [-0.2, 0) is 4.79 Å². The second kappa shape index (κ2) is 5.33. The molecule has 0 heterocycles. The van der Waals surface area contributed by atoms with Gasteiger partial charge in [-0.25, -0.2) is 0 Å². The molecule has 1 aliphatic rings. The Morgan fingerprint density at radius 3 is 2.50 bits per heavy atom. The molecule has 2 aromatic rings. The van der Waals surface area contributed by atoms with Crippen LogP contribution in [0.5, 0.6) is 0 Å². The highest BCUT2D eigenvalue weighted by Gasteiger charge is 2.62. The predicted molar refractivity (Wildman–Crippen MR) is 90.9 cm³/mol. The number of amides is 1. The van der Waals surface area contributed by atoms with Gasteiger partial charge in [0, 0.05) is 22.3 Å². The summed E-state index contributed by atoms with van der Waals surface area (Å²) in [5.74, 6) is 0.205. The van der Waals surface area contributed by atoms with E-state index >= 15 is 0 Å². The van der Waals surface area contributed by atoms with Gasteiger partial charge in [-0.15, -0.1) is 0 Å². The molecular formula is C18H19ClN2O. The Morgan fingerprint density at radius 2 is 1.86 bits per heavy atom. The zero-order valence-electron chi connectivity index (χ0n) is 12.6. The first kappa shape index (κ1) is 14.9. The van der Waals surface area contributed by atoms with E-state index in [9.17, 15) is 4.79 Å². The minimum atomic E-state index is -0.0568. The minimum Gasteiger partial charge on any atom is -0.399 e.